The second-order valence-electron chi connectivity index (χ2n) is 6.92. The van der Waals surface area contributed by atoms with Crippen LogP contribution in [0.25, 0.3) is 16.6 Å². The van der Waals surface area contributed by atoms with Crippen LogP contribution in [0.4, 0.5) is 11.4 Å². The van der Waals surface area contributed by atoms with Crippen molar-refractivity contribution in [1.82, 2.24) is 19.3 Å². The number of rotatable bonds is 7. The number of aryl methyl sites for hydroxylation is 2. The van der Waals surface area contributed by atoms with Crippen molar-refractivity contribution in [2.45, 2.75) is 33.2 Å². The van der Waals surface area contributed by atoms with Gasteiger partial charge in [0.2, 0.25) is 0 Å². The molecule has 1 N–H and O–H groups in total. The topological polar surface area (TPSA) is 56.9 Å². The molecule has 0 fully saturated rings. The number of hydrogen-bond donors (Lipinski definition) is 1. The first-order valence-corrected chi connectivity index (χ1v) is 9.60. The minimum Gasteiger partial charge on any atom is -0.494 e. The van der Waals surface area contributed by atoms with Gasteiger partial charge in [0.05, 0.1) is 30.5 Å². The number of ether oxygens (including phenoxy) is 1. The van der Waals surface area contributed by atoms with Crippen molar-refractivity contribution in [3.8, 4) is 11.4 Å². The number of nitrogens with one attached hydrogen (secondary N) is 1. The highest BCUT2D eigenvalue weighted by molar-refractivity contribution is 5.92. The summed E-state index contributed by atoms with van der Waals surface area (Å²) in [5, 5.41) is 9.40. The molecule has 0 spiro atoms. The van der Waals surface area contributed by atoms with Crippen LogP contribution in [-0.4, -0.2) is 26.4 Å². The van der Waals surface area contributed by atoms with Gasteiger partial charge in [-0.05, 0) is 31.5 Å². The quantitative estimate of drug-likeness (QED) is 0.381. The Balaban J connectivity index is 0.00000160. The molecule has 0 bridgehead atoms. The highest BCUT2D eigenvalue weighted by atomic mass is 35.5. The lowest BCUT2D eigenvalue weighted by molar-refractivity contribution is 0.413. The molecule has 8 heteroatoms. The summed E-state index contributed by atoms with van der Waals surface area (Å²) in [5.41, 5.74) is 4.84. The summed E-state index contributed by atoms with van der Waals surface area (Å²) in [5.74, 6) is 0.781. The summed E-state index contributed by atoms with van der Waals surface area (Å²) >= 11 is 0. The molecule has 4 rings (SSSR count). The second kappa shape index (κ2) is 10.4. The molecule has 0 saturated carbocycles. The molecule has 0 aliphatic heterocycles. The van der Waals surface area contributed by atoms with E-state index < -0.39 is 0 Å². The van der Waals surface area contributed by atoms with Gasteiger partial charge in [-0.2, -0.15) is 5.10 Å². The van der Waals surface area contributed by atoms with Crippen LogP contribution in [0.2, 0.25) is 0 Å². The molecule has 0 saturated heterocycles. The molecule has 2 aromatic heterocycles. The molecule has 0 aliphatic carbocycles. The molecular weight excluding hydrogens is 421 g/mol. The predicted molar refractivity (Wildman–Crippen MR) is 127 cm³/mol. The molecule has 0 radical (unpaired) electrons. The first-order valence-electron chi connectivity index (χ1n) is 9.60. The summed E-state index contributed by atoms with van der Waals surface area (Å²) in [6, 6.07) is 12.3. The van der Waals surface area contributed by atoms with Crippen LogP contribution < -0.4 is 10.1 Å². The first kappa shape index (κ1) is 23.6. The zero-order valence-electron chi connectivity index (χ0n) is 17.3. The van der Waals surface area contributed by atoms with Gasteiger partial charge in [0.25, 0.3) is 0 Å². The van der Waals surface area contributed by atoms with E-state index in [4.69, 9.17) is 9.84 Å². The molecule has 0 unspecified atom stereocenters. The Bertz CT molecular complexity index is 1110. The minimum absolute atomic E-state index is 0. The maximum Gasteiger partial charge on any atom is 0.144 e. The standard InChI is InChI=1S/C22H25N5O.2ClH/c1-4-5-11-27-14-17-7-6-8-19(22(17)25-27)24-18-9-10-20(21(12-18)28-3)26-13-16(2)23-15-26;;/h6-10,12-15,24H,4-5,11H2,1-3H3;2*1H. The van der Waals surface area contributed by atoms with Crippen LogP contribution in [0.5, 0.6) is 5.75 Å². The monoisotopic (exact) mass is 447 g/mol. The number of nitrogens with zero attached hydrogens (tertiary/aromatic N) is 4. The average Bonchev–Trinajstić information content (AvgIpc) is 3.32. The third kappa shape index (κ3) is 4.89. The number of hydrogen-bond acceptors (Lipinski definition) is 4. The molecule has 0 amide bonds. The van der Waals surface area contributed by atoms with Crippen molar-refractivity contribution in [1.29, 1.82) is 0 Å². The lowest BCUT2D eigenvalue weighted by Gasteiger charge is -2.13. The van der Waals surface area contributed by atoms with Crippen LogP contribution in [-0.2, 0) is 6.54 Å². The van der Waals surface area contributed by atoms with Gasteiger partial charge in [0, 0.05) is 36.1 Å². The maximum absolute atomic E-state index is 5.61. The fraction of sp³-hybridized carbons (Fsp3) is 0.273. The molecule has 4 aromatic rings. The lowest BCUT2D eigenvalue weighted by atomic mass is 10.2. The largest absolute Gasteiger partial charge is 0.494 e. The van der Waals surface area contributed by atoms with E-state index >= 15 is 0 Å². The molecule has 2 heterocycles. The summed E-state index contributed by atoms with van der Waals surface area (Å²) in [7, 11) is 1.68. The van der Waals surface area contributed by atoms with Gasteiger partial charge in [0.1, 0.15) is 11.3 Å². The summed E-state index contributed by atoms with van der Waals surface area (Å²) in [6.45, 7) is 5.11. The van der Waals surface area contributed by atoms with Crippen LogP contribution in [0.1, 0.15) is 25.5 Å². The number of halogens is 2. The van der Waals surface area contributed by atoms with E-state index in [1.165, 1.54) is 0 Å². The highest BCUT2D eigenvalue weighted by Crippen LogP contribution is 2.30. The van der Waals surface area contributed by atoms with Crippen molar-refractivity contribution < 1.29 is 4.74 Å². The van der Waals surface area contributed by atoms with Crippen molar-refractivity contribution in [2.75, 3.05) is 12.4 Å². The minimum atomic E-state index is 0. The fourth-order valence-corrected chi connectivity index (χ4v) is 3.31. The Labute approximate surface area is 189 Å². The first-order chi connectivity index (χ1) is 13.7. The van der Waals surface area contributed by atoms with Crippen molar-refractivity contribution in [3.05, 3.63) is 60.8 Å². The number of imidazole rings is 1. The number of anilines is 2. The Morgan fingerprint density at radius 1 is 1.10 bits per heavy atom. The van der Waals surface area contributed by atoms with Gasteiger partial charge in [0.15, 0.2) is 0 Å². The van der Waals surface area contributed by atoms with E-state index in [1.54, 1.807) is 13.4 Å². The molecule has 0 aliphatic rings. The molecule has 0 atom stereocenters. The van der Waals surface area contributed by atoms with Crippen LogP contribution in [0.15, 0.2) is 55.1 Å². The van der Waals surface area contributed by atoms with E-state index in [1.807, 2.05) is 40.6 Å². The second-order valence-corrected chi connectivity index (χ2v) is 6.92. The zero-order valence-corrected chi connectivity index (χ0v) is 19.0. The lowest BCUT2D eigenvalue weighted by Crippen LogP contribution is -1.99. The molecule has 160 valence electrons. The number of fused-ring (bicyclic) bond motifs is 1. The van der Waals surface area contributed by atoms with Crippen LogP contribution >= 0.6 is 24.8 Å². The van der Waals surface area contributed by atoms with E-state index in [-0.39, 0.29) is 24.8 Å². The average molecular weight is 448 g/mol. The fourth-order valence-electron chi connectivity index (χ4n) is 3.31. The Morgan fingerprint density at radius 2 is 1.93 bits per heavy atom. The van der Waals surface area contributed by atoms with Gasteiger partial charge in [-0.1, -0.05) is 25.5 Å². The Kier molecular flexibility index (Phi) is 8.15. The van der Waals surface area contributed by atoms with Crippen molar-refractivity contribution in [2.24, 2.45) is 0 Å². The van der Waals surface area contributed by atoms with Gasteiger partial charge >= 0.3 is 0 Å². The molecule has 2 aromatic carbocycles. The maximum atomic E-state index is 5.61. The summed E-state index contributed by atoms with van der Waals surface area (Å²) < 4.78 is 9.61. The van der Waals surface area contributed by atoms with Crippen molar-refractivity contribution in [3.63, 3.8) is 0 Å². The number of unbranched alkanes of at least 4 members (excludes halogenated alkanes) is 1. The normalized spacial score (nSPS) is 10.4. The van der Waals surface area contributed by atoms with E-state index in [0.29, 0.717) is 0 Å². The molecule has 30 heavy (non-hydrogen) atoms. The van der Waals surface area contributed by atoms with Gasteiger partial charge < -0.3 is 14.6 Å². The van der Waals surface area contributed by atoms with Gasteiger partial charge in [-0.25, -0.2) is 4.98 Å². The van der Waals surface area contributed by atoms with Crippen molar-refractivity contribution >= 4 is 47.1 Å². The predicted octanol–water partition coefficient (Wildman–Crippen LogP) is 5.93. The smallest absolute Gasteiger partial charge is 0.144 e. The third-order valence-corrected chi connectivity index (χ3v) is 4.77. The summed E-state index contributed by atoms with van der Waals surface area (Å²) in [6.07, 6.45) is 8.17. The number of benzene rings is 2. The number of methoxy groups -OCH3 is 1. The number of aromatic nitrogens is 4. The SMILES string of the molecule is CCCCn1cc2cccc(Nc3ccc(-n4cnc(C)c4)c(OC)c3)c2n1.Cl.Cl. The third-order valence-electron chi connectivity index (χ3n) is 4.77. The highest BCUT2D eigenvalue weighted by Gasteiger charge is 2.10. The molecular formula is C22H27Cl2N5O. The Morgan fingerprint density at radius 3 is 2.63 bits per heavy atom. The van der Waals surface area contributed by atoms with Crippen LogP contribution in [0, 0.1) is 6.92 Å². The van der Waals surface area contributed by atoms with Crippen LogP contribution in [0.3, 0.4) is 0 Å². The zero-order chi connectivity index (χ0) is 19.5. The van der Waals surface area contributed by atoms with E-state index in [0.717, 1.165) is 58.8 Å². The summed E-state index contributed by atoms with van der Waals surface area (Å²) in [4.78, 5) is 4.30. The van der Waals surface area contributed by atoms with Gasteiger partial charge in [-0.3, -0.25) is 4.68 Å². The van der Waals surface area contributed by atoms with E-state index in [9.17, 15) is 0 Å². The van der Waals surface area contributed by atoms with Gasteiger partial charge in [-0.15, -0.1) is 24.8 Å². The molecule has 6 nitrogen and oxygen atoms in total. The Hall–Kier alpha value is -2.70. The van der Waals surface area contributed by atoms with E-state index in [2.05, 4.69) is 41.6 Å².